The van der Waals surface area contributed by atoms with Crippen LogP contribution in [0.1, 0.15) is 25.7 Å². The lowest BCUT2D eigenvalue weighted by Gasteiger charge is -2.39. The second-order valence-electron chi connectivity index (χ2n) is 8.29. The van der Waals surface area contributed by atoms with Crippen LogP contribution in [0.2, 0.25) is 0 Å². The van der Waals surface area contributed by atoms with Crippen LogP contribution in [-0.4, -0.2) is 50.5 Å². The lowest BCUT2D eigenvalue weighted by molar-refractivity contribution is -0.303. The predicted octanol–water partition coefficient (Wildman–Crippen LogP) is 3.78. The van der Waals surface area contributed by atoms with Crippen LogP contribution in [0.25, 0.3) is 0 Å². The number of piperidine rings is 1. The number of allylic oxidation sites excluding steroid dienone is 7. The summed E-state index contributed by atoms with van der Waals surface area (Å²) >= 11 is 0. The van der Waals surface area contributed by atoms with Gasteiger partial charge in [0.05, 0.1) is 10.8 Å². The fraction of sp³-hybridized carbons (Fsp3) is 0.375. The van der Waals surface area contributed by atoms with E-state index in [9.17, 15) is 27.4 Å². The summed E-state index contributed by atoms with van der Waals surface area (Å²) in [5.41, 5.74) is 7.09. The molecule has 3 aliphatic carbocycles. The summed E-state index contributed by atoms with van der Waals surface area (Å²) in [6, 6.07) is 0.524. The predicted molar refractivity (Wildman–Crippen MR) is 120 cm³/mol. The molecule has 0 radical (unpaired) electrons. The van der Waals surface area contributed by atoms with Crippen molar-refractivity contribution in [1.29, 1.82) is 0 Å². The first-order valence-electron chi connectivity index (χ1n) is 10.9. The summed E-state index contributed by atoms with van der Waals surface area (Å²) in [4.78, 5) is 15.3. The smallest absolute Gasteiger partial charge is 0.448 e. The number of alkyl halides is 3. The number of nitrogens with one attached hydrogen (secondary N) is 1. The van der Waals surface area contributed by atoms with E-state index < -0.39 is 33.6 Å². The van der Waals surface area contributed by atoms with E-state index in [1.807, 2.05) is 0 Å². The Bertz CT molecular complexity index is 1160. The van der Waals surface area contributed by atoms with E-state index in [4.69, 9.17) is 4.74 Å². The topological polar surface area (TPSA) is 88.1 Å². The molecule has 1 aliphatic heterocycles. The van der Waals surface area contributed by atoms with Gasteiger partial charge in [0.1, 0.15) is 16.3 Å². The SMILES string of the molecule is O=C(NO)C1(S(=O)C2=CC=C=C(OC3=CC=C(OC(F)(F)F)C=C=C3)C=C2)CCN(C2CC2)CC1. The summed E-state index contributed by atoms with van der Waals surface area (Å²) in [6.07, 6.45) is 8.91. The molecule has 2 fully saturated rings. The van der Waals surface area contributed by atoms with E-state index in [-0.39, 0.29) is 11.5 Å². The fourth-order valence-corrected chi connectivity index (χ4v) is 5.62. The van der Waals surface area contributed by atoms with Gasteiger partial charge < -0.3 is 14.4 Å². The molecule has 7 nitrogen and oxygen atoms in total. The fourth-order valence-electron chi connectivity index (χ4n) is 4.02. The summed E-state index contributed by atoms with van der Waals surface area (Å²) in [5, 5.41) is 9.35. The van der Waals surface area contributed by atoms with Gasteiger partial charge in [-0.25, -0.2) is 5.48 Å². The Balaban J connectivity index is 1.45. The Morgan fingerprint density at radius 1 is 1.14 bits per heavy atom. The van der Waals surface area contributed by atoms with Crippen molar-refractivity contribution in [2.75, 3.05) is 13.1 Å². The van der Waals surface area contributed by atoms with E-state index in [2.05, 4.69) is 21.1 Å². The zero-order valence-electron chi connectivity index (χ0n) is 18.5. The molecule has 2 N–H and O–H groups in total. The van der Waals surface area contributed by atoms with Crippen LogP contribution in [-0.2, 0) is 25.1 Å². The number of carbonyl (C=O) groups excluding carboxylic acids is 1. The number of hydroxylamine groups is 1. The minimum absolute atomic E-state index is 0.177. The Labute approximate surface area is 202 Å². The molecular formula is C24H23F3N2O5S. The van der Waals surface area contributed by atoms with Gasteiger partial charge in [-0.3, -0.25) is 14.2 Å². The molecule has 0 aromatic carbocycles. The van der Waals surface area contributed by atoms with Crippen LogP contribution in [0.3, 0.4) is 0 Å². The molecule has 1 saturated carbocycles. The number of carbonyl (C=O) groups is 1. The van der Waals surface area contributed by atoms with Gasteiger partial charge in [-0.2, -0.15) is 0 Å². The van der Waals surface area contributed by atoms with Gasteiger partial charge in [0.2, 0.25) is 0 Å². The van der Waals surface area contributed by atoms with E-state index in [0.717, 1.165) is 25.0 Å². The molecule has 4 aliphatic rings. The van der Waals surface area contributed by atoms with Gasteiger partial charge in [-0.05, 0) is 62.1 Å². The Morgan fingerprint density at radius 2 is 1.83 bits per heavy atom. The number of rotatable bonds is 7. The third-order valence-corrected chi connectivity index (χ3v) is 7.95. The average molecular weight is 509 g/mol. The molecule has 1 saturated heterocycles. The first-order chi connectivity index (χ1) is 16.7. The molecular weight excluding hydrogens is 485 g/mol. The number of likely N-dealkylation sites (tertiary alicyclic amines) is 1. The number of hydrogen-bond acceptors (Lipinski definition) is 6. The van der Waals surface area contributed by atoms with Gasteiger partial charge >= 0.3 is 6.36 Å². The molecule has 35 heavy (non-hydrogen) atoms. The maximum atomic E-state index is 13.6. The van der Waals surface area contributed by atoms with Crippen molar-refractivity contribution in [2.45, 2.75) is 42.8 Å². The van der Waals surface area contributed by atoms with Gasteiger partial charge in [0.15, 0.2) is 5.76 Å². The van der Waals surface area contributed by atoms with Crippen molar-refractivity contribution in [3.63, 3.8) is 0 Å². The Hall–Kier alpha value is -3.07. The van der Waals surface area contributed by atoms with Crippen molar-refractivity contribution < 1.29 is 36.9 Å². The van der Waals surface area contributed by atoms with Crippen LogP contribution >= 0.6 is 0 Å². The standard InChI is InChI=1S/C24H23F3N2O5S/c25-24(26,27)34-20-5-1-3-18(9-10-20)33-19-4-2-6-21(12-11-19)35(32)23(22(30)28-31)13-15-29(16-14-23)17-7-8-17/h2-3,5-6,9-12,17,31H,7-8,13-16H2,(H,28,30). The molecule has 0 spiro atoms. The lowest BCUT2D eigenvalue weighted by atomic mass is 9.94. The van der Waals surface area contributed by atoms with Crippen molar-refractivity contribution in [3.05, 3.63) is 82.3 Å². The summed E-state index contributed by atoms with van der Waals surface area (Å²) in [6.45, 7) is 1.23. The monoisotopic (exact) mass is 508 g/mol. The highest BCUT2D eigenvalue weighted by atomic mass is 32.2. The van der Waals surface area contributed by atoms with E-state index in [0.29, 0.717) is 36.9 Å². The Kier molecular flexibility index (Phi) is 7.35. The minimum Gasteiger partial charge on any atom is -0.448 e. The average Bonchev–Trinajstić information content (AvgIpc) is 3.68. The largest absolute Gasteiger partial charge is 0.573 e. The van der Waals surface area contributed by atoms with Crippen molar-refractivity contribution >= 4 is 16.7 Å². The quantitative estimate of drug-likeness (QED) is 0.309. The molecule has 1 heterocycles. The Morgan fingerprint density at radius 3 is 2.49 bits per heavy atom. The number of hydrogen-bond donors (Lipinski definition) is 2. The van der Waals surface area contributed by atoms with E-state index in [1.54, 1.807) is 11.6 Å². The second-order valence-corrected chi connectivity index (χ2v) is 10.1. The molecule has 1 amide bonds. The van der Waals surface area contributed by atoms with Crippen LogP contribution < -0.4 is 5.48 Å². The molecule has 1 atom stereocenters. The molecule has 186 valence electrons. The van der Waals surface area contributed by atoms with Crippen LogP contribution in [0.15, 0.2) is 82.3 Å². The third-order valence-electron chi connectivity index (χ3n) is 5.95. The van der Waals surface area contributed by atoms with Crippen LogP contribution in [0, 0.1) is 0 Å². The van der Waals surface area contributed by atoms with Crippen molar-refractivity contribution in [2.24, 2.45) is 0 Å². The summed E-state index contributed by atoms with van der Waals surface area (Å²) in [7, 11) is -1.78. The minimum atomic E-state index is -4.82. The van der Waals surface area contributed by atoms with E-state index >= 15 is 0 Å². The van der Waals surface area contributed by atoms with Crippen LogP contribution in [0.4, 0.5) is 13.2 Å². The molecule has 0 aromatic rings. The zero-order chi connectivity index (χ0) is 25.1. The lowest BCUT2D eigenvalue weighted by Crippen LogP contribution is -2.56. The highest BCUT2D eigenvalue weighted by molar-refractivity contribution is 7.91. The summed E-state index contributed by atoms with van der Waals surface area (Å²) in [5.74, 6) is -0.749. The number of halogens is 3. The van der Waals surface area contributed by atoms with Crippen molar-refractivity contribution in [1.82, 2.24) is 10.4 Å². The van der Waals surface area contributed by atoms with Crippen LogP contribution in [0.5, 0.6) is 0 Å². The van der Waals surface area contributed by atoms with Gasteiger partial charge in [-0.1, -0.05) is 5.73 Å². The molecule has 4 rings (SSSR count). The maximum Gasteiger partial charge on any atom is 0.573 e. The molecule has 11 heteroatoms. The molecule has 1 unspecified atom stereocenters. The number of nitrogens with zero attached hydrogens (tertiary/aromatic N) is 1. The number of amides is 1. The first kappa shape index (κ1) is 25.0. The van der Waals surface area contributed by atoms with Gasteiger partial charge in [-0.15, -0.1) is 18.9 Å². The van der Waals surface area contributed by atoms with Gasteiger partial charge in [0.25, 0.3) is 5.91 Å². The molecule has 0 aromatic heterocycles. The highest BCUT2D eigenvalue weighted by Gasteiger charge is 2.49. The third kappa shape index (κ3) is 6.14. The highest BCUT2D eigenvalue weighted by Crippen LogP contribution is 2.37. The molecule has 0 bridgehead atoms. The summed E-state index contributed by atoms with van der Waals surface area (Å²) < 4.78 is 59.0. The maximum absolute atomic E-state index is 13.6. The van der Waals surface area contributed by atoms with Crippen molar-refractivity contribution in [3.8, 4) is 0 Å². The second kappa shape index (κ2) is 10.3. The van der Waals surface area contributed by atoms with Gasteiger partial charge in [0, 0.05) is 36.2 Å². The number of ether oxygens (including phenoxy) is 2. The normalized spacial score (nSPS) is 22.7. The van der Waals surface area contributed by atoms with E-state index in [1.165, 1.54) is 30.4 Å². The first-order valence-corrected chi connectivity index (χ1v) is 12.1. The zero-order valence-corrected chi connectivity index (χ0v) is 19.3.